The van der Waals surface area contributed by atoms with E-state index in [1.165, 1.54) is 10.9 Å². The van der Waals surface area contributed by atoms with Crippen LogP contribution in [0.25, 0.3) is 99.9 Å². The second-order valence-corrected chi connectivity index (χ2v) is 12.8. The summed E-state index contributed by atoms with van der Waals surface area (Å²) in [5.74, 6) is 1.88. The van der Waals surface area contributed by atoms with Gasteiger partial charge < -0.3 is 4.42 Å². The minimum absolute atomic E-state index is 0.623. The molecule has 2 heterocycles. The summed E-state index contributed by atoms with van der Waals surface area (Å²) in [6.45, 7) is 0. The van der Waals surface area contributed by atoms with Gasteiger partial charge >= 0.3 is 0 Å². The molecule has 0 atom stereocenters. The molecule has 2 aromatic heterocycles. The van der Waals surface area contributed by atoms with Gasteiger partial charge in [0.2, 0.25) is 0 Å². The molecule has 0 radical (unpaired) electrons. The number of benzene rings is 8. The van der Waals surface area contributed by atoms with E-state index in [-0.39, 0.29) is 0 Å². The standard InChI is InChI=1S/C47H29N3O/c1-2-11-30(12-3-1)32-21-24-33(25-22-32)45-48-46(36-26-23-31-13-4-5-14-34(31)27-36)50-47(49-45)41-29-37(28-35-15-6-7-16-38(35)41)39-18-10-20-43-44(39)40-17-8-9-19-42(40)51-43/h1-29H. The number of fused-ring (bicyclic) bond motifs is 5. The lowest BCUT2D eigenvalue weighted by Gasteiger charge is -2.13. The van der Waals surface area contributed by atoms with Crippen molar-refractivity contribution in [2.75, 3.05) is 0 Å². The van der Waals surface area contributed by atoms with Crippen LogP contribution in [0.1, 0.15) is 0 Å². The Morgan fingerprint density at radius 3 is 1.75 bits per heavy atom. The van der Waals surface area contributed by atoms with Crippen LogP contribution in [0, 0.1) is 0 Å². The molecule has 0 amide bonds. The van der Waals surface area contributed by atoms with Gasteiger partial charge in [-0.05, 0) is 74.1 Å². The zero-order valence-electron chi connectivity index (χ0n) is 27.5. The molecule has 0 spiro atoms. The molecule has 0 saturated carbocycles. The summed E-state index contributed by atoms with van der Waals surface area (Å²) in [5, 5.41) is 6.69. The van der Waals surface area contributed by atoms with Gasteiger partial charge in [-0.25, -0.2) is 15.0 Å². The highest BCUT2D eigenvalue weighted by Crippen LogP contribution is 2.40. The number of hydrogen-bond donors (Lipinski definition) is 0. The topological polar surface area (TPSA) is 51.8 Å². The third-order valence-electron chi connectivity index (χ3n) is 9.71. The van der Waals surface area contributed by atoms with Crippen molar-refractivity contribution < 1.29 is 4.42 Å². The van der Waals surface area contributed by atoms with Gasteiger partial charge in [0.15, 0.2) is 17.5 Å². The molecule has 0 unspecified atom stereocenters. The average molecular weight is 652 g/mol. The molecular formula is C47H29N3O. The highest BCUT2D eigenvalue weighted by atomic mass is 16.3. The van der Waals surface area contributed by atoms with Crippen LogP contribution in [0.4, 0.5) is 0 Å². The smallest absolute Gasteiger partial charge is 0.164 e. The molecule has 0 saturated heterocycles. The Morgan fingerprint density at radius 1 is 0.314 bits per heavy atom. The number of rotatable bonds is 5. The van der Waals surface area contributed by atoms with Crippen LogP contribution in [-0.4, -0.2) is 15.0 Å². The van der Waals surface area contributed by atoms with Gasteiger partial charge in [-0.15, -0.1) is 0 Å². The Labute approximate surface area is 294 Å². The predicted molar refractivity (Wildman–Crippen MR) is 209 cm³/mol. The lowest BCUT2D eigenvalue weighted by Crippen LogP contribution is -2.01. The van der Waals surface area contributed by atoms with Crippen LogP contribution in [-0.2, 0) is 0 Å². The van der Waals surface area contributed by atoms with Crippen molar-refractivity contribution in [3.8, 4) is 56.4 Å². The average Bonchev–Trinajstić information content (AvgIpc) is 3.59. The molecule has 0 aliphatic rings. The van der Waals surface area contributed by atoms with Crippen molar-refractivity contribution in [1.29, 1.82) is 0 Å². The predicted octanol–water partition coefficient (Wildman–Crippen LogP) is 12.4. The number of nitrogens with zero attached hydrogens (tertiary/aromatic N) is 3. The third-order valence-corrected chi connectivity index (χ3v) is 9.71. The summed E-state index contributed by atoms with van der Waals surface area (Å²) >= 11 is 0. The zero-order chi connectivity index (χ0) is 33.7. The van der Waals surface area contributed by atoms with Crippen LogP contribution >= 0.6 is 0 Å². The summed E-state index contributed by atoms with van der Waals surface area (Å²) in [6, 6.07) is 61.1. The van der Waals surface area contributed by atoms with Gasteiger partial charge in [0.25, 0.3) is 0 Å². The molecule has 0 fully saturated rings. The van der Waals surface area contributed by atoms with Gasteiger partial charge in [-0.3, -0.25) is 0 Å². The van der Waals surface area contributed by atoms with Crippen LogP contribution in [0.2, 0.25) is 0 Å². The molecule has 238 valence electrons. The minimum Gasteiger partial charge on any atom is -0.456 e. The van der Waals surface area contributed by atoms with Crippen molar-refractivity contribution in [1.82, 2.24) is 15.0 Å². The van der Waals surface area contributed by atoms with Crippen LogP contribution < -0.4 is 0 Å². The minimum atomic E-state index is 0.623. The number of hydrogen-bond acceptors (Lipinski definition) is 4. The molecule has 4 heteroatoms. The quantitative estimate of drug-likeness (QED) is 0.186. The fraction of sp³-hybridized carbons (Fsp3) is 0. The Morgan fingerprint density at radius 2 is 0.902 bits per heavy atom. The van der Waals surface area contributed by atoms with Crippen molar-refractivity contribution in [3.63, 3.8) is 0 Å². The lowest BCUT2D eigenvalue weighted by molar-refractivity contribution is 0.669. The van der Waals surface area contributed by atoms with Crippen molar-refractivity contribution in [3.05, 3.63) is 176 Å². The molecule has 0 aliphatic carbocycles. The van der Waals surface area contributed by atoms with E-state index in [0.717, 1.165) is 71.5 Å². The van der Waals surface area contributed by atoms with E-state index in [1.807, 2.05) is 24.3 Å². The highest BCUT2D eigenvalue weighted by Gasteiger charge is 2.18. The fourth-order valence-electron chi connectivity index (χ4n) is 7.19. The maximum Gasteiger partial charge on any atom is 0.164 e. The zero-order valence-corrected chi connectivity index (χ0v) is 27.5. The first-order chi connectivity index (χ1) is 25.2. The summed E-state index contributed by atoms with van der Waals surface area (Å²) in [7, 11) is 0. The molecule has 0 bridgehead atoms. The summed E-state index contributed by atoms with van der Waals surface area (Å²) in [4.78, 5) is 15.5. The molecular weight excluding hydrogens is 623 g/mol. The van der Waals surface area contributed by atoms with Crippen LogP contribution in [0.15, 0.2) is 180 Å². The van der Waals surface area contributed by atoms with Crippen molar-refractivity contribution in [2.24, 2.45) is 0 Å². The van der Waals surface area contributed by atoms with E-state index in [2.05, 4.69) is 152 Å². The third kappa shape index (κ3) is 5.13. The Hall–Kier alpha value is -6.91. The van der Waals surface area contributed by atoms with Gasteiger partial charge in [0, 0.05) is 27.5 Å². The van der Waals surface area contributed by atoms with Gasteiger partial charge in [0.1, 0.15) is 11.2 Å². The van der Waals surface area contributed by atoms with E-state index in [9.17, 15) is 0 Å². The summed E-state index contributed by atoms with van der Waals surface area (Å²) < 4.78 is 6.28. The highest BCUT2D eigenvalue weighted by molar-refractivity contribution is 6.13. The Balaban J connectivity index is 1.20. The van der Waals surface area contributed by atoms with Gasteiger partial charge in [-0.1, -0.05) is 146 Å². The first kappa shape index (κ1) is 29.0. The molecule has 10 rings (SSSR count). The van der Waals surface area contributed by atoms with E-state index >= 15 is 0 Å². The largest absolute Gasteiger partial charge is 0.456 e. The van der Waals surface area contributed by atoms with E-state index < -0.39 is 0 Å². The molecule has 0 N–H and O–H groups in total. The molecule has 10 aromatic rings. The lowest BCUT2D eigenvalue weighted by atomic mass is 9.93. The maximum atomic E-state index is 6.28. The molecule has 4 nitrogen and oxygen atoms in total. The second kappa shape index (κ2) is 11.9. The van der Waals surface area contributed by atoms with E-state index in [0.29, 0.717) is 17.5 Å². The fourth-order valence-corrected chi connectivity index (χ4v) is 7.19. The van der Waals surface area contributed by atoms with Crippen molar-refractivity contribution >= 4 is 43.5 Å². The maximum absolute atomic E-state index is 6.28. The Bertz CT molecular complexity index is 2910. The monoisotopic (exact) mass is 651 g/mol. The van der Waals surface area contributed by atoms with Crippen LogP contribution in [0.5, 0.6) is 0 Å². The Kier molecular flexibility index (Phi) is 6.78. The number of para-hydroxylation sites is 1. The summed E-state index contributed by atoms with van der Waals surface area (Å²) in [6.07, 6.45) is 0. The van der Waals surface area contributed by atoms with Crippen molar-refractivity contribution in [2.45, 2.75) is 0 Å². The van der Waals surface area contributed by atoms with E-state index in [4.69, 9.17) is 19.4 Å². The SMILES string of the molecule is c1ccc(-c2ccc(-c3nc(-c4ccc5ccccc5c4)nc(-c4cc(-c5cccc6oc7ccccc7c56)cc5ccccc45)n3)cc2)cc1. The van der Waals surface area contributed by atoms with Gasteiger partial charge in [0.05, 0.1) is 0 Å². The number of furan rings is 1. The van der Waals surface area contributed by atoms with E-state index in [1.54, 1.807) is 0 Å². The molecule has 51 heavy (non-hydrogen) atoms. The molecule has 8 aromatic carbocycles. The number of aromatic nitrogens is 3. The van der Waals surface area contributed by atoms with Gasteiger partial charge in [-0.2, -0.15) is 0 Å². The first-order valence-electron chi connectivity index (χ1n) is 17.1. The van der Waals surface area contributed by atoms with Crippen LogP contribution in [0.3, 0.4) is 0 Å². The first-order valence-corrected chi connectivity index (χ1v) is 17.1. The summed E-state index contributed by atoms with van der Waals surface area (Å²) in [5.41, 5.74) is 9.03. The normalized spacial score (nSPS) is 11.5. The molecule has 0 aliphatic heterocycles. The second-order valence-electron chi connectivity index (χ2n) is 12.8.